The molecule has 0 amide bonds. The van der Waals surface area contributed by atoms with Gasteiger partial charge in [0.1, 0.15) is 5.75 Å². The van der Waals surface area contributed by atoms with Gasteiger partial charge in [-0.1, -0.05) is 0 Å². The predicted molar refractivity (Wildman–Crippen MR) is 64.3 cm³/mol. The lowest BCUT2D eigenvalue weighted by Crippen LogP contribution is -2.06. The first kappa shape index (κ1) is 11.4. The fourth-order valence-corrected chi connectivity index (χ4v) is 2.83. The highest BCUT2D eigenvalue weighted by Gasteiger charge is 2.20. The molecule has 2 rings (SSSR count). The minimum atomic E-state index is -0.929. The maximum Gasteiger partial charge on any atom is 0.310 e. The van der Waals surface area contributed by atoms with Gasteiger partial charge in [-0.15, -0.1) is 11.3 Å². The Bertz CT molecular complexity index is 639. The van der Waals surface area contributed by atoms with E-state index in [1.54, 1.807) is 18.4 Å². The number of thiophene rings is 1. The Kier molecular flexibility index (Phi) is 2.74. The van der Waals surface area contributed by atoms with Crippen molar-refractivity contribution in [2.45, 2.75) is 12.8 Å². The van der Waals surface area contributed by atoms with E-state index in [-0.39, 0.29) is 5.75 Å². The number of carboxylic acid groups (broad SMARTS) is 1. The van der Waals surface area contributed by atoms with Crippen LogP contribution in [0.15, 0.2) is 17.5 Å². The molecule has 1 aromatic heterocycles. The van der Waals surface area contributed by atoms with E-state index in [0.29, 0.717) is 16.5 Å². The third kappa shape index (κ3) is 1.83. The number of hydrogen-bond acceptors (Lipinski definition) is 4. The molecule has 2 aromatic rings. The fourth-order valence-electron chi connectivity index (χ4n) is 1.72. The smallest absolute Gasteiger partial charge is 0.310 e. The van der Waals surface area contributed by atoms with Crippen LogP contribution < -0.4 is 0 Å². The molecule has 2 N–H and O–H groups in total. The van der Waals surface area contributed by atoms with Gasteiger partial charge in [0, 0.05) is 10.1 Å². The van der Waals surface area contributed by atoms with Crippen molar-refractivity contribution in [2.24, 2.45) is 0 Å². The van der Waals surface area contributed by atoms with Crippen molar-refractivity contribution in [1.29, 1.82) is 5.26 Å². The summed E-state index contributed by atoms with van der Waals surface area (Å²) in [4.78, 5) is 11.0. The maximum atomic E-state index is 11.0. The van der Waals surface area contributed by atoms with Crippen molar-refractivity contribution < 1.29 is 15.0 Å². The van der Waals surface area contributed by atoms with Gasteiger partial charge in [-0.05, 0) is 30.0 Å². The molecule has 0 spiro atoms. The second-order valence-electron chi connectivity index (χ2n) is 3.73. The summed E-state index contributed by atoms with van der Waals surface area (Å²) in [5, 5.41) is 29.8. The highest BCUT2D eigenvalue weighted by molar-refractivity contribution is 7.17. The van der Waals surface area contributed by atoms with Gasteiger partial charge in [-0.25, -0.2) is 0 Å². The Labute approximate surface area is 101 Å². The van der Waals surface area contributed by atoms with Gasteiger partial charge in [0.2, 0.25) is 0 Å². The second kappa shape index (κ2) is 4.07. The SMILES string of the molecule is CC(C(=O)O)c1csc2cc(O)cc(C#N)c12. The molecule has 0 aliphatic heterocycles. The average molecular weight is 247 g/mol. The second-order valence-corrected chi connectivity index (χ2v) is 4.64. The van der Waals surface area contributed by atoms with Crippen molar-refractivity contribution in [3.63, 3.8) is 0 Å². The number of nitrogens with zero attached hydrogens (tertiary/aromatic N) is 1. The molecule has 1 heterocycles. The van der Waals surface area contributed by atoms with Crippen molar-refractivity contribution in [3.05, 3.63) is 28.6 Å². The summed E-state index contributed by atoms with van der Waals surface area (Å²) >= 11 is 1.33. The number of phenolic OH excluding ortho intramolecular Hbond substituents is 1. The first-order valence-corrected chi connectivity index (χ1v) is 5.79. The minimum Gasteiger partial charge on any atom is -0.508 e. The Morgan fingerprint density at radius 3 is 2.82 bits per heavy atom. The standard InChI is InChI=1S/C12H9NO3S/c1-6(12(15)16)9-5-17-10-3-8(14)2-7(4-13)11(9)10/h2-3,5-6,14H,1H3,(H,15,16). The van der Waals surface area contributed by atoms with Gasteiger partial charge in [-0.3, -0.25) is 4.79 Å². The topological polar surface area (TPSA) is 81.3 Å². The number of aromatic hydroxyl groups is 1. The van der Waals surface area contributed by atoms with Crippen molar-refractivity contribution in [3.8, 4) is 11.8 Å². The number of phenols is 1. The van der Waals surface area contributed by atoms with Crippen LogP contribution in [-0.2, 0) is 4.79 Å². The van der Waals surface area contributed by atoms with E-state index in [9.17, 15) is 9.90 Å². The molecular weight excluding hydrogens is 238 g/mol. The number of rotatable bonds is 2. The number of hydrogen-bond donors (Lipinski definition) is 2. The molecule has 1 atom stereocenters. The number of aliphatic carboxylic acids is 1. The van der Waals surface area contributed by atoms with Crippen LogP contribution >= 0.6 is 11.3 Å². The summed E-state index contributed by atoms with van der Waals surface area (Å²) in [6.45, 7) is 1.58. The van der Waals surface area contributed by atoms with Gasteiger partial charge < -0.3 is 10.2 Å². The molecule has 0 saturated carbocycles. The van der Waals surface area contributed by atoms with Gasteiger partial charge in [-0.2, -0.15) is 5.26 Å². The molecule has 17 heavy (non-hydrogen) atoms. The third-order valence-electron chi connectivity index (χ3n) is 2.65. The normalized spacial score (nSPS) is 12.2. The van der Waals surface area contributed by atoms with Gasteiger partial charge >= 0.3 is 5.97 Å². The summed E-state index contributed by atoms with van der Waals surface area (Å²) in [6.07, 6.45) is 0. The molecule has 0 radical (unpaired) electrons. The molecule has 4 nitrogen and oxygen atoms in total. The highest BCUT2D eigenvalue weighted by Crippen LogP contribution is 2.36. The molecule has 0 bridgehead atoms. The summed E-state index contributed by atoms with van der Waals surface area (Å²) in [5.41, 5.74) is 0.929. The zero-order valence-corrected chi connectivity index (χ0v) is 9.78. The predicted octanol–water partition coefficient (Wildman–Crippen LogP) is 2.67. The Morgan fingerprint density at radius 1 is 1.53 bits per heavy atom. The van der Waals surface area contributed by atoms with Gasteiger partial charge in [0.15, 0.2) is 0 Å². The summed E-state index contributed by atoms with van der Waals surface area (Å²) in [5.74, 6) is -1.58. The fraction of sp³-hybridized carbons (Fsp3) is 0.167. The van der Waals surface area contributed by atoms with Gasteiger partial charge in [0.05, 0.1) is 17.6 Å². The lowest BCUT2D eigenvalue weighted by atomic mass is 9.97. The van der Waals surface area contributed by atoms with Crippen molar-refractivity contribution in [1.82, 2.24) is 0 Å². The molecule has 5 heteroatoms. The number of carboxylic acids is 1. The van der Waals surface area contributed by atoms with Crippen LogP contribution in [0, 0.1) is 11.3 Å². The average Bonchev–Trinajstić information content (AvgIpc) is 2.70. The van der Waals surface area contributed by atoms with Gasteiger partial charge in [0.25, 0.3) is 0 Å². The van der Waals surface area contributed by atoms with Crippen LogP contribution in [0.3, 0.4) is 0 Å². The first-order valence-electron chi connectivity index (χ1n) is 4.91. The molecule has 86 valence electrons. The first-order chi connectivity index (χ1) is 8.04. The number of carbonyl (C=O) groups is 1. The highest BCUT2D eigenvalue weighted by atomic mass is 32.1. The van der Waals surface area contributed by atoms with Crippen molar-refractivity contribution >= 4 is 27.4 Å². The van der Waals surface area contributed by atoms with Crippen LogP contribution in [0.4, 0.5) is 0 Å². The lowest BCUT2D eigenvalue weighted by Gasteiger charge is -2.05. The molecule has 1 aromatic carbocycles. The molecular formula is C12H9NO3S. The van der Waals surface area contributed by atoms with Crippen LogP contribution in [0.5, 0.6) is 5.75 Å². The van der Waals surface area contributed by atoms with E-state index < -0.39 is 11.9 Å². The molecule has 1 unspecified atom stereocenters. The lowest BCUT2D eigenvalue weighted by molar-refractivity contribution is -0.138. The summed E-state index contributed by atoms with van der Waals surface area (Å²) in [7, 11) is 0. The van der Waals surface area contributed by atoms with Crippen LogP contribution in [0.1, 0.15) is 24.0 Å². The van der Waals surface area contributed by atoms with Crippen LogP contribution in [0.2, 0.25) is 0 Å². The molecule has 0 saturated heterocycles. The summed E-state index contributed by atoms with van der Waals surface area (Å²) in [6, 6.07) is 4.88. The maximum absolute atomic E-state index is 11.0. The largest absolute Gasteiger partial charge is 0.508 e. The van der Waals surface area contributed by atoms with Crippen LogP contribution in [-0.4, -0.2) is 16.2 Å². The molecule has 0 aliphatic carbocycles. The van der Waals surface area contributed by atoms with E-state index in [4.69, 9.17) is 10.4 Å². The quantitative estimate of drug-likeness (QED) is 0.854. The van der Waals surface area contributed by atoms with Crippen LogP contribution in [0.25, 0.3) is 10.1 Å². The van der Waals surface area contributed by atoms with E-state index in [2.05, 4.69) is 0 Å². The molecule has 0 aliphatic rings. The Hall–Kier alpha value is -2.06. The van der Waals surface area contributed by atoms with E-state index in [1.807, 2.05) is 6.07 Å². The molecule has 0 fully saturated rings. The minimum absolute atomic E-state index is 0.0189. The van der Waals surface area contributed by atoms with E-state index in [1.165, 1.54) is 17.4 Å². The monoisotopic (exact) mass is 247 g/mol. The number of benzene rings is 1. The number of nitriles is 1. The van der Waals surface area contributed by atoms with Crippen molar-refractivity contribution in [2.75, 3.05) is 0 Å². The Balaban J connectivity index is 2.76. The Morgan fingerprint density at radius 2 is 2.24 bits per heavy atom. The van der Waals surface area contributed by atoms with E-state index in [0.717, 1.165) is 4.70 Å². The summed E-state index contributed by atoms with van der Waals surface area (Å²) < 4.78 is 0.727. The number of fused-ring (bicyclic) bond motifs is 1. The third-order valence-corrected chi connectivity index (χ3v) is 3.59. The zero-order valence-electron chi connectivity index (χ0n) is 8.97. The zero-order chi connectivity index (χ0) is 12.6. The van der Waals surface area contributed by atoms with E-state index >= 15 is 0 Å².